The summed E-state index contributed by atoms with van der Waals surface area (Å²) in [5.74, 6) is 0.355. The molecule has 0 radical (unpaired) electrons. The lowest BCUT2D eigenvalue weighted by atomic mass is 10.0. The molecule has 0 spiro atoms. The molecule has 0 amide bonds. The van der Waals surface area contributed by atoms with Crippen molar-refractivity contribution < 1.29 is 9.18 Å². The minimum absolute atomic E-state index is 0.145. The third kappa shape index (κ3) is 4.22. The fraction of sp³-hybridized carbons (Fsp3) is 0.273. The SMILES string of the molecule is CCCCNc1cccc2c(C(=O)C=CN(C)C)c(-c3ccc(F)cc3)nn12. The quantitative estimate of drug-likeness (QED) is 0.352. The second-order valence-electron chi connectivity index (χ2n) is 6.86. The predicted octanol–water partition coefficient (Wildman–Crippen LogP) is 4.61. The summed E-state index contributed by atoms with van der Waals surface area (Å²) >= 11 is 0. The van der Waals surface area contributed by atoms with E-state index in [9.17, 15) is 9.18 Å². The van der Waals surface area contributed by atoms with Crippen LogP contribution < -0.4 is 5.32 Å². The number of nitrogens with one attached hydrogen (secondary N) is 1. The molecule has 5 nitrogen and oxygen atoms in total. The number of rotatable bonds is 8. The van der Waals surface area contributed by atoms with Gasteiger partial charge in [-0.05, 0) is 42.8 Å². The van der Waals surface area contributed by atoms with Gasteiger partial charge in [-0.2, -0.15) is 5.10 Å². The lowest BCUT2D eigenvalue weighted by Gasteiger charge is -2.07. The smallest absolute Gasteiger partial charge is 0.191 e. The van der Waals surface area contributed by atoms with Crippen molar-refractivity contribution in [2.45, 2.75) is 19.8 Å². The number of nitrogens with zero attached hydrogens (tertiary/aromatic N) is 3. The van der Waals surface area contributed by atoms with Crippen LogP contribution in [0.5, 0.6) is 0 Å². The first-order chi connectivity index (χ1) is 13.5. The number of fused-ring (bicyclic) bond motifs is 1. The molecule has 2 aromatic heterocycles. The number of pyridine rings is 1. The highest BCUT2D eigenvalue weighted by Crippen LogP contribution is 2.29. The van der Waals surface area contributed by atoms with E-state index in [1.807, 2.05) is 32.3 Å². The van der Waals surface area contributed by atoms with E-state index in [4.69, 9.17) is 5.10 Å². The topological polar surface area (TPSA) is 49.6 Å². The number of anilines is 1. The Hall–Kier alpha value is -3.15. The highest BCUT2D eigenvalue weighted by atomic mass is 19.1. The summed E-state index contributed by atoms with van der Waals surface area (Å²) in [5, 5.41) is 8.08. The van der Waals surface area contributed by atoms with E-state index in [1.54, 1.807) is 27.7 Å². The summed E-state index contributed by atoms with van der Waals surface area (Å²) in [5.41, 5.74) is 2.46. The highest BCUT2D eigenvalue weighted by Gasteiger charge is 2.20. The van der Waals surface area contributed by atoms with Gasteiger partial charge in [0.2, 0.25) is 0 Å². The molecule has 0 aliphatic rings. The van der Waals surface area contributed by atoms with Crippen molar-refractivity contribution in [3.05, 3.63) is 66.1 Å². The maximum atomic E-state index is 13.4. The van der Waals surface area contributed by atoms with Gasteiger partial charge in [-0.3, -0.25) is 4.79 Å². The monoisotopic (exact) mass is 380 g/mol. The van der Waals surface area contributed by atoms with E-state index in [1.165, 1.54) is 18.2 Å². The molecule has 0 aliphatic carbocycles. The number of halogens is 1. The normalized spacial score (nSPS) is 11.3. The Balaban J connectivity index is 2.15. The molecule has 3 rings (SSSR count). The largest absolute Gasteiger partial charge is 0.383 e. The second-order valence-corrected chi connectivity index (χ2v) is 6.86. The lowest BCUT2D eigenvalue weighted by molar-refractivity contribution is 0.104. The minimum Gasteiger partial charge on any atom is -0.383 e. The van der Waals surface area contributed by atoms with E-state index in [2.05, 4.69) is 12.2 Å². The van der Waals surface area contributed by atoms with E-state index in [-0.39, 0.29) is 11.6 Å². The van der Waals surface area contributed by atoms with Crippen molar-refractivity contribution in [2.75, 3.05) is 26.0 Å². The molecule has 1 aromatic carbocycles. The van der Waals surface area contributed by atoms with Gasteiger partial charge < -0.3 is 10.2 Å². The molecule has 0 unspecified atom stereocenters. The van der Waals surface area contributed by atoms with Crippen molar-refractivity contribution in [2.24, 2.45) is 0 Å². The van der Waals surface area contributed by atoms with Crippen molar-refractivity contribution in [3.63, 3.8) is 0 Å². The van der Waals surface area contributed by atoms with Crippen LogP contribution >= 0.6 is 0 Å². The zero-order valence-electron chi connectivity index (χ0n) is 16.4. The molecular weight excluding hydrogens is 355 g/mol. The van der Waals surface area contributed by atoms with Crippen LogP contribution in [0, 0.1) is 5.82 Å². The van der Waals surface area contributed by atoms with E-state index in [0.717, 1.165) is 25.2 Å². The molecule has 0 saturated heterocycles. The average molecular weight is 380 g/mol. The first-order valence-corrected chi connectivity index (χ1v) is 9.41. The minimum atomic E-state index is -0.324. The molecular formula is C22H25FN4O. The number of hydrogen-bond donors (Lipinski definition) is 1. The third-order valence-electron chi connectivity index (χ3n) is 4.38. The number of hydrogen-bond acceptors (Lipinski definition) is 4. The molecule has 0 atom stereocenters. The lowest BCUT2D eigenvalue weighted by Crippen LogP contribution is -2.06. The van der Waals surface area contributed by atoms with Crippen molar-refractivity contribution in [1.29, 1.82) is 0 Å². The third-order valence-corrected chi connectivity index (χ3v) is 4.38. The van der Waals surface area contributed by atoms with Gasteiger partial charge in [0, 0.05) is 38.5 Å². The Morgan fingerprint density at radius 1 is 1.21 bits per heavy atom. The summed E-state index contributed by atoms with van der Waals surface area (Å²) in [4.78, 5) is 14.8. The second kappa shape index (κ2) is 8.69. The first kappa shape index (κ1) is 19.6. The Kier molecular flexibility index (Phi) is 6.09. The van der Waals surface area contributed by atoms with Crippen molar-refractivity contribution >= 4 is 17.1 Å². The molecule has 0 saturated carbocycles. The van der Waals surface area contributed by atoms with Crippen molar-refractivity contribution in [3.8, 4) is 11.3 Å². The molecule has 0 aliphatic heterocycles. The standard InChI is InChI=1S/C22H25FN4O/c1-4-5-14-24-20-8-6-7-18-21(19(28)13-15-26(2)3)22(25-27(18)20)16-9-11-17(23)12-10-16/h6-13,15,24H,4-5,14H2,1-3H3. The van der Waals surface area contributed by atoms with Gasteiger partial charge in [0.1, 0.15) is 17.3 Å². The van der Waals surface area contributed by atoms with Crippen LogP contribution in [0.4, 0.5) is 10.2 Å². The van der Waals surface area contributed by atoms with E-state index < -0.39 is 0 Å². The van der Waals surface area contributed by atoms with Crippen LogP contribution in [0.2, 0.25) is 0 Å². The van der Waals surface area contributed by atoms with Gasteiger partial charge in [0.05, 0.1) is 11.1 Å². The Morgan fingerprint density at radius 3 is 2.64 bits per heavy atom. The van der Waals surface area contributed by atoms with Gasteiger partial charge >= 0.3 is 0 Å². The van der Waals surface area contributed by atoms with Crippen LogP contribution in [0.15, 0.2) is 54.7 Å². The van der Waals surface area contributed by atoms with Crippen LogP contribution in [0.3, 0.4) is 0 Å². The van der Waals surface area contributed by atoms with Gasteiger partial charge in [-0.1, -0.05) is 19.4 Å². The summed E-state index contributed by atoms with van der Waals surface area (Å²) in [6.45, 7) is 2.96. The zero-order chi connectivity index (χ0) is 20.1. The summed E-state index contributed by atoms with van der Waals surface area (Å²) < 4.78 is 15.1. The Labute approximate surface area is 164 Å². The molecule has 0 fully saturated rings. The molecule has 28 heavy (non-hydrogen) atoms. The number of unbranched alkanes of at least 4 members (excludes halogenated alkanes) is 1. The number of ketones is 1. The average Bonchev–Trinajstić information content (AvgIpc) is 3.07. The fourth-order valence-corrected chi connectivity index (χ4v) is 2.95. The maximum absolute atomic E-state index is 13.4. The van der Waals surface area contributed by atoms with Crippen molar-refractivity contribution in [1.82, 2.24) is 14.5 Å². The van der Waals surface area contributed by atoms with Gasteiger partial charge in [0.15, 0.2) is 5.78 Å². The molecule has 6 heteroatoms. The zero-order valence-corrected chi connectivity index (χ0v) is 16.4. The molecule has 1 N–H and O–H groups in total. The van der Waals surface area contributed by atoms with Crippen LogP contribution in [-0.2, 0) is 0 Å². The maximum Gasteiger partial charge on any atom is 0.191 e. The number of carbonyl (C=O) groups excluding carboxylic acids is 1. The van der Waals surface area contributed by atoms with E-state index in [0.29, 0.717) is 22.3 Å². The van der Waals surface area contributed by atoms with Crippen LogP contribution in [0.1, 0.15) is 30.1 Å². The predicted molar refractivity (Wildman–Crippen MR) is 111 cm³/mol. The van der Waals surface area contributed by atoms with Gasteiger partial charge in [-0.25, -0.2) is 8.91 Å². The molecule has 0 bridgehead atoms. The van der Waals surface area contributed by atoms with Crippen LogP contribution in [0.25, 0.3) is 16.8 Å². The molecule has 146 valence electrons. The summed E-state index contributed by atoms with van der Waals surface area (Å²) in [6, 6.07) is 11.8. The van der Waals surface area contributed by atoms with Crippen LogP contribution in [-0.4, -0.2) is 40.9 Å². The fourth-order valence-electron chi connectivity index (χ4n) is 2.95. The highest BCUT2D eigenvalue weighted by molar-refractivity contribution is 6.13. The Bertz CT molecular complexity index is 990. The van der Waals surface area contributed by atoms with Gasteiger partial charge in [0.25, 0.3) is 0 Å². The number of allylic oxidation sites excluding steroid dienone is 1. The van der Waals surface area contributed by atoms with Gasteiger partial charge in [-0.15, -0.1) is 0 Å². The molecule has 3 aromatic rings. The first-order valence-electron chi connectivity index (χ1n) is 9.41. The number of benzene rings is 1. The Morgan fingerprint density at radius 2 is 1.96 bits per heavy atom. The number of aromatic nitrogens is 2. The van der Waals surface area contributed by atoms with E-state index >= 15 is 0 Å². The number of carbonyl (C=O) groups is 1. The summed E-state index contributed by atoms with van der Waals surface area (Å²) in [6.07, 6.45) is 5.37. The summed E-state index contributed by atoms with van der Waals surface area (Å²) in [7, 11) is 3.72. The molecule has 2 heterocycles.